The van der Waals surface area contributed by atoms with Crippen LogP contribution in [0.4, 0.5) is 0 Å². The van der Waals surface area contributed by atoms with E-state index in [4.69, 9.17) is 15.3 Å². The van der Waals surface area contributed by atoms with Crippen LogP contribution in [0.25, 0.3) is 0 Å². The molecule has 0 aromatic rings. The van der Waals surface area contributed by atoms with E-state index in [1.165, 1.54) is 0 Å². The number of aliphatic hydroxyl groups excluding tert-OH is 1. The molecule has 0 heterocycles. The molecule has 0 saturated carbocycles. The lowest BCUT2D eigenvalue weighted by atomic mass is 10.2. The van der Waals surface area contributed by atoms with Crippen molar-refractivity contribution in [2.45, 2.75) is 25.4 Å². The molecular formula is C11H21NO7. The third kappa shape index (κ3) is 22.1. The van der Waals surface area contributed by atoms with Gasteiger partial charge in [-0.05, 0) is 0 Å². The van der Waals surface area contributed by atoms with Crippen LogP contribution in [0.5, 0.6) is 0 Å². The third-order valence-electron chi connectivity index (χ3n) is 1.71. The maximum Gasteiger partial charge on any atom is 0.303 e. The van der Waals surface area contributed by atoms with Gasteiger partial charge in [0.25, 0.3) is 0 Å². The second kappa shape index (κ2) is 9.29. The summed E-state index contributed by atoms with van der Waals surface area (Å²) in [7, 11) is 5.66. The fourth-order valence-corrected chi connectivity index (χ4v) is 1.10. The van der Waals surface area contributed by atoms with Crippen LogP contribution in [-0.2, 0) is 14.4 Å². The van der Waals surface area contributed by atoms with E-state index in [0.29, 0.717) is 11.0 Å². The fourth-order valence-electron chi connectivity index (χ4n) is 1.10. The van der Waals surface area contributed by atoms with E-state index in [1.807, 2.05) is 21.1 Å². The quantitative estimate of drug-likeness (QED) is 0.464. The van der Waals surface area contributed by atoms with Gasteiger partial charge in [0.1, 0.15) is 12.6 Å². The molecule has 3 N–H and O–H groups in total. The van der Waals surface area contributed by atoms with Crippen molar-refractivity contribution in [3.8, 4) is 0 Å². The summed E-state index contributed by atoms with van der Waals surface area (Å²) in [4.78, 5) is 29.3. The lowest BCUT2D eigenvalue weighted by Gasteiger charge is -2.26. The van der Waals surface area contributed by atoms with Crippen LogP contribution in [0.2, 0.25) is 0 Å². The predicted molar refractivity (Wildman–Crippen MR) is 63.0 cm³/mol. The maximum atomic E-state index is 10.0. The number of likely N-dealkylation sites (N-methyl/N-ethyl adjacent to an activating group) is 1. The van der Waals surface area contributed by atoms with Gasteiger partial charge in [-0.1, -0.05) is 0 Å². The molecule has 0 saturated heterocycles. The molecule has 0 spiro atoms. The molecule has 0 bridgehead atoms. The van der Waals surface area contributed by atoms with Crippen LogP contribution in [-0.4, -0.2) is 71.5 Å². The highest BCUT2D eigenvalue weighted by atomic mass is 16.4. The number of carboxylic acid groups (broad SMARTS) is 3. The molecule has 0 aliphatic heterocycles. The Balaban J connectivity index is 0. The highest BCUT2D eigenvalue weighted by Gasteiger charge is 2.14. The first kappa shape index (κ1) is 19.7. The summed E-state index contributed by atoms with van der Waals surface area (Å²) in [6.45, 7) is 0.425. The van der Waals surface area contributed by atoms with Gasteiger partial charge in [-0.25, -0.2) is 0 Å². The van der Waals surface area contributed by atoms with Gasteiger partial charge in [-0.3, -0.25) is 9.59 Å². The Morgan fingerprint density at radius 1 is 1.05 bits per heavy atom. The van der Waals surface area contributed by atoms with E-state index in [2.05, 4.69) is 0 Å². The topological polar surface area (TPSA) is 135 Å². The summed E-state index contributed by atoms with van der Waals surface area (Å²) in [5, 5.41) is 34.9. The maximum absolute atomic E-state index is 10.0. The zero-order valence-electron chi connectivity index (χ0n) is 11.3. The van der Waals surface area contributed by atoms with E-state index < -0.39 is 24.0 Å². The Labute approximate surface area is 111 Å². The van der Waals surface area contributed by atoms with Gasteiger partial charge < -0.3 is 29.7 Å². The summed E-state index contributed by atoms with van der Waals surface area (Å²) in [5.74, 6) is -3.36. The van der Waals surface area contributed by atoms with Crippen molar-refractivity contribution in [2.24, 2.45) is 0 Å². The third-order valence-corrected chi connectivity index (χ3v) is 1.71. The Kier molecular flexibility index (Phi) is 9.61. The van der Waals surface area contributed by atoms with Crippen LogP contribution >= 0.6 is 0 Å². The number of carbonyl (C=O) groups is 3. The van der Waals surface area contributed by atoms with Gasteiger partial charge in [0.05, 0.1) is 34.0 Å². The van der Waals surface area contributed by atoms with Crippen LogP contribution in [0, 0.1) is 0 Å². The highest BCUT2D eigenvalue weighted by molar-refractivity contribution is 5.75. The molecule has 0 fully saturated rings. The van der Waals surface area contributed by atoms with Crippen molar-refractivity contribution in [1.82, 2.24) is 0 Å². The molecule has 0 aromatic carbocycles. The van der Waals surface area contributed by atoms with E-state index in [-0.39, 0.29) is 19.3 Å². The van der Waals surface area contributed by atoms with Crippen LogP contribution in [0.15, 0.2) is 0 Å². The Hall–Kier alpha value is -1.67. The number of aliphatic hydroxyl groups is 1. The molecule has 0 aliphatic carbocycles. The summed E-state index contributed by atoms with van der Waals surface area (Å²) < 4.78 is 0.550. The molecule has 0 radical (unpaired) electrons. The van der Waals surface area contributed by atoms with Gasteiger partial charge in [0.15, 0.2) is 0 Å². The first-order chi connectivity index (χ1) is 8.44. The second-order valence-corrected chi connectivity index (χ2v) is 4.99. The molecule has 8 heteroatoms. The van der Waals surface area contributed by atoms with Crippen molar-refractivity contribution >= 4 is 17.9 Å². The van der Waals surface area contributed by atoms with E-state index in [0.717, 1.165) is 0 Å². The molecule has 19 heavy (non-hydrogen) atoms. The van der Waals surface area contributed by atoms with Crippen molar-refractivity contribution in [2.75, 3.05) is 27.7 Å². The monoisotopic (exact) mass is 279 g/mol. The zero-order valence-corrected chi connectivity index (χ0v) is 11.3. The van der Waals surface area contributed by atoms with Crippen LogP contribution < -0.4 is 5.11 Å². The Morgan fingerprint density at radius 2 is 1.42 bits per heavy atom. The van der Waals surface area contributed by atoms with E-state index in [9.17, 15) is 19.5 Å². The van der Waals surface area contributed by atoms with Gasteiger partial charge in [0.2, 0.25) is 0 Å². The number of nitrogens with zero attached hydrogens (tertiary/aromatic N) is 1. The molecule has 112 valence electrons. The van der Waals surface area contributed by atoms with Crippen molar-refractivity contribution in [3.05, 3.63) is 0 Å². The highest BCUT2D eigenvalue weighted by Crippen LogP contribution is 1.97. The molecular weight excluding hydrogens is 258 g/mol. The first-order valence-electron chi connectivity index (χ1n) is 5.56. The normalized spacial score (nSPS) is 12.0. The number of quaternary nitrogens is 1. The average Bonchev–Trinajstić information content (AvgIpc) is 2.10. The number of carbonyl (C=O) groups excluding carboxylic acids is 1. The molecule has 8 nitrogen and oxygen atoms in total. The summed E-state index contributed by atoms with van der Waals surface area (Å²) in [6, 6.07) is 0. The first-order valence-corrected chi connectivity index (χ1v) is 5.56. The predicted octanol–water partition coefficient (Wildman–Crippen LogP) is -1.87. The summed E-state index contributed by atoms with van der Waals surface area (Å²) >= 11 is 0. The number of aliphatic carboxylic acids is 3. The molecule has 0 amide bonds. The van der Waals surface area contributed by atoms with Crippen LogP contribution in [0.1, 0.15) is 19.3 Å². The molecule has 0 aliphatic rings. The molecule has 1 atom stereocenters. The van der Waals surface area contributed by atoms with Gasteiger partial charge in [-0.15, -0.1) is 0 Å². The van der Waals surface area contributed by atoms with Crippen molar-refractivity contribution in [1.29, 1.82) is 0 Å². The lowest BCUT2D eigenvalue weighted by molar-refractivity contribution is -0.873. The number of rotatable bonds is 7. The Bertz CT molecular complexity index is 295. The smallest absolute Gasteiger partial charge is 0.303 e. The number of hydrogen-bond donors (Lipinski definition) is 3. The lowest BCUT2D eigenvalue weighted by Crippen LogP contribution is -2.43. The minimum Gasteiger partial charge on any atom is -0.550 e. The van der Waals surface area contributed by atoms with Crippen molar-refractivity contribution < 1.29 is 39.3 Å². The standard InChI is InChI=1S/C7H15NO3.C4H6O4/c1-8(2,3)5-6(9)4-7(10)11;5-3(6)1-2-4(7)8/h6,9H,4-5H2,1-3H3;1-2H2,(H,5,6)(H,7,8). The van der Waals surface area contributed by atoms with E-state index in [1.54, 1.807) is 0 Å². The van der Waals surface area contributed by atoms with Crippen molar-refractivity contribution in [3.63, 3.8) is 0 Å². The minimum absolute atomic E-state index is 0.282. The van der Waals surface area contributed by atoms with E-state index >= 15 is 0 Å². The molecule has 0 rings (SSSR count). The minimum atomic E-state index is -1.20. The largest absolute Gasteiger partial charge is 0.550 e. The average molecular weight is 279 g/mol. The molecule has 0 aromatic heterocycles. The SMILES string of the molecule is C[N+](C)(C)CC(O)CC(=O)[O-].O=C(O)CCC(=O)O. The van der Waals surface area contributed by atoms with Gasteiger partial charge in [0, 0.05) is 12.4 Å². The summed E-state index contributed by atoms with van der Waals surface area (Å²) in [6.07, 6.45) is -1.68. The van der Waals surface area contributed by atoms with Gasteiger partial charge >= 0.3 is 11.9 Å². The Morgan fingerprint density at radius 3 is 1.63 bits per heavy atom. The number of hydrogen-bond acceptors (Lipinski definition) is 5. The molecule has 1 unspecified atom stereocenters. The summed E-state index contributed by atoms with van der Waals surface area (Å²) in [5.41, 5.74) is 0. The zero-order chi connectivity index (χ0) is 15.6. The van der Waals surface area contributed by atoms with Crippen LogP contribution in [0.3, 0.4) is 0 Å². The fraction of sp³-hybridized carbons (Fsp3) is 0.727. The second-order valence-electron chi connectivity index (χ2n) is 4.99. The number of carboxylic acids is 3. The van der Waals surface area contributed by atoms with Gasteiger partial charge in [-0.2, -0.15) is 0 Å².